The molecule has 0 radical (unpaired) electrons. The molecule has 0 amide bonds. The van der Waals surface area contributed by atoms with Crippen molar-refractivity contribution in [3.63, 3.8) is 0 Å². The molecule has 1 aliphatic rings. The van der Waals surface area contributed by atoms with E-state index in [9.17, 15) is 0 Å². The summed E-state index contributed by atoms with van der Waals surface area (Å²) in [6, 6.07) is 0. The molecule has 1 saturated heterocycles. The molecule has 0 bridgehead atoms. The number of rotatable bonds is 4. The quantitative estimate of drug-likeness (QED) is 0.890. The predicted octanol–water partition coefficient (Wildman–Crippen LogP) is 1.80. The van der Waals surface area contributed by atoms with Crippen LogP contribution in [0.1, 0.15) is 17.6 Å². The lowest BCUT2D eigenvalue weighted by atomic mass is 10.3. The van der Waals surface area contributed by atoms with Crippen LogP contribution in [-0.4, -0.2) is 41.0 Å². The van der Waals surface area contributed by atoms with E-state index in [1.807, 2.05) is 7.05 Å². The lowest BCUT2D eigenvalue weighted by Gasteiger charge is -2.29. The van der Waals surface area contributed by atoms with Gasteiger partial charge in [0, 0.05) is 42.6 Å². The summed E-state index contributed by atoms with van der Waals surface area (Å²) in [5.74, 6) is 1.26. The molecule has 90 valence electrons. The molecule has 2 rings (SSSR count). The first kappa shape index (κ1) is 12.4. The largest absolute Gasteiger partial charge is 0.314 e. The van der Waals surface area contributed by atoms with Crippen LogP contribution in [0.15, 0.2) is 5.38 Å². The summed E-state index contributed by atoms with van der Waals surface area (Å²) in [4.78, 5) is 7.14. The molecule has 0 saturated carbocycles. The predicted molar refractivity (Wildman–Crippen MR) is 72.1 cm³/mol. The number of thiazole rings is 1. The Kier molecular flexibility index (Phi) is 4.64. The summed E-state index contributed by atoms with van der Waals surface area (Å²) in [7, 11) is 1.96. The molecule has 1 atom stereocenters. The van der Waals surface area contributed by atoms with Crippen LogP contribution in [0.4, 0.5) is 0 Å². The topological polar surface area (TPSA) is 28.2 Å². The third-order valence-electron chi connectivity index (χ3n) is 2.64. The van der Waals surface area contributed by atoms with Gasteiger partial charge in [0.15, 0.2) is 0 Å². The Labute approximate surface area is 106 Å². The van der Waals surface area contributed by atoms with Crippen LogP contribution in [0.2, 0.25) is 0 Å². The van der Waals surface area contributed by atoms with Gasteiger partial charge in [-0.2, -0.15) is 11.8 Å². The van der Waals surface area contributed by atoms with Crippen molar-refractivity contribution in [2.75, 3.05) is 25.9 Å². The average molecular weight is 257 g/mol. The maximum Gasteiger partial charge on any atom is 0.107 e. The minimum atomic E-state index is 0.768. The first-order valence-electron chi connectivity index (χ1n) is 5.70. The van der Waals surface area contributed by atoms with E-state index in [4.69, 9.17) is 0 Å². The highest BCUT2D eigenvalue weighted by atomic mass is 32.2. The standard InChI is InChI=1S/C11H19N3S2/c1-9-6-14(3-4-15-9)7-10-8-16-11(13-10)5-12-2/h8-9,12H,3-7H2,1-2H3. The first-order chi connectivity index (χ1) is 7.78. The van der Waals surface area contributed by atoms with Crippen LogP contribution in [0.3, 0.4) is 0 Å². The van der Waals surface area contributed by atoms with Gasteiger partial charge in [-0.25, -0.2) is 4.98 Å². The second-order valence-corrected chi connectivity index (χ2v) is 6.67. The zero-order chi connectivity index (χ0) is 11.4. The van der Waals surface area contributed by atoms with Crippen molar-refractivity contribution >= 4 is 23.1 Å². The second kappa shape index (κ2) is 6.00. The molecule has 1 aliphatic heterocycles. The van der Waals surface area contributed by atoms with Gasteiger partial charge in [-0.1, -0.05) is 6.92 Å². The lowest BCUT2D eigenvalue weighted by molar-refractivity contribution is 0.275. The van der Waals surface area contributed by atoms with E-state index in [0.717, 1.165) is 18.3 Å². The molecule has 1 N–H and O–H groups in total. The Morgan fingerprint density at radius 1 is 1.62 bits per heavy atom. The van der Waals surface area contributed by atoms with Gasteiger partial charge in [-0.3, -0.25) is 4.90 Å². The Bertz CT molecular complexity index is 327. The maximum absolute atomic E-state index is 4.63. The average Bonchev–Trinajstić information content (AvgIpc) is 2.66. The molecule has 1 aromatic heterocycles. The summed E-state index contributed by atoms with van der Waals surface area (Å²) < 4.78 is 0. The van der Waals surface area contributed by atoms with Crippen LogP contribution < -0.4 is 5.32 Å². The van der Waals surface area contributed by atoms with Crippen LogP contribution in [0.5, 0.6) is 0 Å². The Hall–Kier alpha value is -0.100. The van der Waals surface area contributed by atoms with Gasteiger partial charge >= 0.3 is 0 Å². The van der Waals surface area contributed by atoms with Gasteiger partial charge in [0.2, 0.25) is 0 Å². The summed E-state index contributed by atoms with van der Waals surface area (Å²) >= 11 is 3.83. The first-order valence-corrected chi connectivity index (χ1v) is 7.62. The molecule has 1 aromatic rings. The van der Waals surface area contributed by atoms with E-state index in [2.05, 4.69) is 39.3 Å². The molecule has 5 heteroatoms. The van der Waals surface area contributed by atoms with Gasteiger partial charge in [0.25, 0.3) is 0 Å². The van der Waals surface area contributed by atoms with Crippen LogP contribution in [0.25, 0.3) is 0 Å². The normalized spacial score (nSPS) is 22.5. The fraction of sp³-hybridized carbons (Fsp3) is 0.727. The Balaban J connectivity index is 1.87. The number of aromatic nitrogens is 1. The molecular weight excluding hydrogens is 238 g/mol. The highest BCUT2D eigenvalue weighted by Crippen LogP contribution is 2.20. The van der Waals surface area contributed by atoms with E-state index in [1.165, 1.54) is 29.5 Å². The van der Waals surface area contributed by atoms with Crippen LogP contribution in [0, 0.1) is 0 Å². The number of nitrogens with zero attached hydrogens (tertiary/aromatic N) is 2. The molecule has 1 fully saturated rings. The van der Waals surface area contributed by atoms with Crippen molar-refractivity contribution < 1.29 is 0 Å². The number of nitrogens with one attached hydrogen (secondary N) is 1. The van der Waals surface area contributed by atoms with Crippen molar-refractivity contribution in [1.82, 2.24) is 15.2 Å². The van der Waals surface area contributed by atoms with E-state index >= 15 is 0 Å². The van der Waals surface area contributed by atoms with Crippen molar-refractivity contribution in [2.24, 2.45) is 0 Å². The molecule has 16 heavy (non-hydrogen) atoms. The van der Waals surface area contributed by atoms with Crippen LogP contribution in [-0.2, 0) is 13.1 Å². The highest BCUT2D eigenvalue weighted by molar-refractivity contribution is 7.99. The summed E-state index contributed by atoms with van der Waals surface area (Å²) in [5.41, 5.74) is 1.23. The molecule has 3 nitrogen and oxygen atoms in total. The van der Waals surface area contributed by atoms with Crippen molar-refractivity contribution in [1.29, 1.82) is 0 Å². The van der Waals surface area contributed by atoms with Crippen molar-refractivity contribution in [3.8, 4) is 0 Å². The lowest BCUT2D eigenvalue weighted by Crippen LogP contribution is -2.36. The number of thioether (sulfide) groups is 1. The monoisotopic (exact) mass is 257 g/mol. The minimum Gasteiger partial charge on any atom is -0.314 e. The van der Waals surface area contributed by atoms with E-state index in [1.54, 1.807) is 11.3 Å². The van der Waals surface area contributed by atoms with E-state index < -0.39 is 0 Å². The molecule has 2 heterocycles. The fourth-order valence-electron chi connectivity index (χ4n) is 1.92. The molecule has 1 unspecified atom stereocenters. The van der Waals surface area contributed by atoms with Crippen molar-refractivity contribution in [3.05, 3.63) is 16.1 Å². The molecule has 0 spiro atoms. The van der Waals surface area contributed by atoms with Crippen molar-refractivity contribution in [2.45, 2.75) is 25.3 Å². The third kappa shape index (κ3) is 3.45. The van der Waals surface area contributed by atoms with Gasteiger partial charge in [0.05, 0.1) is 5.69 Å². The highest BCUT2D eigenvalue weighted by Gasteiger charge is 2.17. The molecular formula is C11H19N3S2. The zero-order valence-corrected chi connectivity index (χ0v) is 11.5. The minimum absolute atomic E-state index is 0.768. The zero-order valence-electron chi connectivity index (χ0n) is 9.90. The van der Waals surface area contributed by atoms with Gasteiger partial charge < -0.3 is 5.32 Å². The van der Waals surface area contributed by atoms with Crippen LogP contribution >= 0.6 is 23.1 Å². The maximum atomic E-state index is 4.63. The third-order valence-corrected chi connectivity index (χ3v) is 4.67. The van der Waals surface area contributed by atoms with Gasteiger partial charge in [-0.05, 0) is 7.05 Å². The Morgan fingerprint density at radius 2 is 2.50 bits per heavy atom. The van der Waals surface area contributed by atoms with E-state index in [-0.39, 0.29) is 0 Å². The summed E-state index contributed by atoms with van der Waals surface area (Å²) in [6.45, 7) is 6.61. The smallest absolute Gasteiger partial charge is 0.107 e. The molecule has 0 aromatic carbocycles. The van der Waals surface area contributed by atoms with Gasteiger partial charge in [0.1, 0.15) is 5.01 Å². The van der Waals surface area contributed by atoms with E-state index in [0.29, 0.717) is 0 Å². The number of hydrogen-bond acceptors (Lipinski definition) is 5. The second-order valence-electron chi connectivity index (χ2n) is 4.18. The fourth-order valence-corrected chi connectivity index (χ4v) is 3.80. The molecule has 0 aliphatic carbocycles. The number of hydrogen-bond donors (Lipinski definition) is 1. The summed E-state index contributed by atoms with van der Waals surface area (Å²) in [5, 5.41) is 7.29. The SMILES string of the molecule is CNCc1nc(CN2CCSC(C)C2)cs1. The summed E-state index contributed by atoms with van der Waals surface area (Å²) in [6.07, 6.45) is 0. The Morgan fingerprint density at radius 3 is 3.25 bits per heavy atom. The van der Waals surface area contributed by atoms with Gasteiger partial charge in [-0.15, -0.1) is 11.3 Å².